The average Bonchev–Trinajstić information content (AvgIpc) is 2.38. The van der Waals surface area contributed by atoms with E-state index in [0.29, 0.717) is 11.6 Å². The summed E-state index contributed by atoms with van der Waals surface area (Å²) in [5.74, 6) is 0.519. The van der Waals surface area contributed by atoms with Gasteiger partial charge < -0.3 is 0 Å². The van der Waals surface area contributed by atoms with Gasteiger partial charge in [0.05, 0.1) is 0 Å². The largest absolute Gasteiger partial charge is 0.296 e. The van der Waals surface area contributed by atoms with Gasteiger partial charge in [-0.05, 0) is 58.2 Å². The number of aromatic amines is 1. The summed E-state index contributed by atoms with van der Waals surface area (Å²) in [5, 5.41) is 10.5. The number of nitrogens with one attached hydrogen (secondary N) is 1. The summed E-state index contributed by atoms with van der Waals surface area (Å²) in [4.78, 5) is 11.8. The summed E-state index contributed by atoms with van der Waals surface area (Å²) in [7, 11) is 0. The molecule has 1 aromatic heterocycles. The maximum Gasteiger partial charge on any atom is 0.296 e. The zero-order valence-corrected chi connectivity index (χ0v) is 13.3. The van der Waals surface area contributed by atoms with E-state index in [2.05, 4.69) is 42.1 Å². The number of H-pyrrole nitrogens is 1. The number of nitrogens with zero attached hydrogens (tertiary/aromatic N) is 3. The third-order valence-corrected chi connectivity index (χ3v) is 3.19. The summed E-state index contributed by atoms with van der Waals surface area (Å²) in [5.41, 5.74) is 1.42. The van der Waals surface area contributed by atoms with Crippen molar-refractivity contribution in [2.24, 2.45) is 11.0 Å². The van der Waals surface area contributed by atoms with Crippen LogP contribution in [0.25, 0.3) is 0 Å². The second-order valence-electron chi connectivity index (χ2n) is 5.23. The van der Waals surface area contributed by atoms with Gasteiger partial charge in [0.2, 0.25) is 4.77 Å². The van der Waals surface area contributed by atoms with E-state index < -0.39 is 0 Å². The maximum atomic E-state index is 11.8. The van der Waals surface area contributed by atoms with Gasteiger partial charge >= 0.3 is 0 Å². The molecule has 5 nitrogen and oxygen atoms in total. The van der Waals surface area contributed by atoms with Gasteiger partial charge in [0.1, 0.15) is 5.69 Å². The molecule has 110 valence electrons. The Morgan fingerprint density at radius 1 is 1.55 bits per heavy atom. The van der Waals surface area contributed by atoms with Crippen LogP contribution in [-0.4, -0.2) is 21.1 Å². The highest BCUT2D eigenvalue weighted by molar-refractivity contribution is 7.71. The van der Waals surface area contributed by atoms with Gasteiger partial charge in [-0.25, -0.2) is 0 Å². The lowest BCUT2D eigenvalue weighted by molar-refractivity contribution is 0.560. The normalized spacial score (nSPS) is 12.6. The molecule has 1 N–H and O–H groups in total. The highest BCUT2D eigenvalue weighted by Crippen LogP contribution is 2.10. The minimum absolute atomic E-state index is 0.217. The molecule has 1 aromatic rings. The minimum Gasteiger partial charge on any atom is -0.265 e. The Kier molecular flexibility index (Phi) is 6.51. The van der Waals surface area contributed by atoms with Crippen LogP contribution in [0.15, 0.2) is 21.5 Å². The van der Waals surface area contributed by atoms with Crippen LogP contribution < -0.4 is 5.56 Å². The van der Waals surface area contributed by atoms with Crippen molar-refractivity contribution < 1.29 is 0 Å². The van der Waals surface area contributed by atoms with E-state index >= 15 is 0 Å². The molecular weight excluding hydrogens is 272 g/mol. The Labute approximate surface area is 124 Å². The standard InChI is InChI=1S/C14H22N4OS/c1-10(2)6-5-7-11(3)8-9-15-18-13(19)12(4)16-17-14(18)20/h6,9,11H,5,7-8H2,1-4H3,(H,17,20)/b15-9-/t11-/m1/s1. The van der Waals surface area contributed by atoms with Gasteiger partial charge in [0, 0.05) is 6.21 Å². The van der Waals surface area contributed by atoms with Crippen LogP contribution in [0.5, 0.6) is 0 Å². The second-order valence-corrected chi connectivity index (χ2v) is 5.62. The minimum atomic E-state index is -0.276. The molecule has 0 aliphatic rings. The number of hydrogen-bond donors (Lipinski definition) is 1. The predicted octanol–water partition coefficient (Wildman–Crippen LogP) is 3.22. The Bertz CT molecular complexity index is 608. The van der Waals surface area contributed by atoms with Gasteiger partial charge in [-0.1, -0.05) is 18.6 Å². The lowest BCUT2D eigenvalue weighted by Crippen LogP contribution is -2.22. The molecule has 0 spiro atoms. The molecule has 0 fully saturated rings. The van der Waals surface area contributed by atoms with E-state index in [4.69, 9.17) is 12.2 Å². The smallest absolute Gasteiger partial charge is 0.265 e. The number of aryl methyl sites for hydroxylation is 1. The van der Waals surface area contributed by atoms with Crippen LogP contribution in [-0.2, 0) is 0 Å². The first-order chi connectivity index (χ1) is 9.41. The number of rotatable bonds is 6. The molecular formula is C14H22N4OS. The van der Waals surface area contributed by atoms with Gasteiger partial charge in [-0.3, -0.25) is 9.89 Å². The van der Waals surface area contributed by atoms with E-state index in [1.807, 2.05) is 0 Å². The lowest BCUT2D eigenvalue weighted by Gasteiger charge is -2.06. The summed E-state index contributed by atoms with van der Waals surface area (Å²) < 4.78 is 1.40. The molecule has 20 heavy (non-hydrogen) atoms. The van der Waals surface area contributed by atoms with E-state index in [9.17, 15) is 4.79 Å². The van der Waals surface area contributed by atoms with Crippen LogP contribution in [0.1, 0.15) is 45.7 Å². The van der Waals surface area contributed by atoms with Crippen molar-refractivity contribution in [1.29, 1.82) is 0 Å². The van der Waals surface area contributed by atoms with Crippen molar-refractivity contribution in [3.63, 3.8) is 0 Å². The van der Waals surface area contributed by atoms with Gasteiger partial charge in [0.15, 0.2) is 0 Å². The molecule has 0 aliphatic heterocycles. The lowest BCUT2D eigenvalue weighted by atomic mass is 10.0. The van der Waals surface area contributed by atoms with E-state index in [1.165, 1.54) is 10.2 Å². The molecule has 6 heteroatoms. The molecule has 1 rings (SSSR count). The Morgan fingerprint density at radius 2 is 2.25 bits per heavy atom. The van der Waals surface area contributed by atoms with Crippen LogP contribution in [0.3, 0.4) is 0 Å². The SMILES string of the molecule is CC(C)=CCC[C@@H](C)C/C=N\n1c(=S)[nH]nc(C)c1=O. The quantitative estimate of drug-likeness (QED) is 0.498. The summed E-state index contributed by atoms with van der Waals surface area (Å²) in [6.45, 7) is 8.01. The molecule has 0 bridgehead atoms. The van der Waals surface area contributed by atoms with Crippen molar-refractivity contribution in [3.05, 3.63) is 32.5 Å². The first-order valence-electron chi connectivity index (χ1n) is 6.76. The number of hydrogen-bond acceptors (Lipinski definition) is 4. The first kappa shape index (κ1) is 16.5. The zero-order valence-electron chi connectivity index (χ0n) is 12.5. The monoisotopic (exact) mass is 294 g/mol. The molecule has 1 atom stereocenters. The number of aromatic nitrogens is 3. The van der Waals surface area contributed by atoms with Gasteiger partial charge in [-0.2, -0.15) is 14.9 Å². The van der Waals surface area contributed by atoms with Crippen molar-refractivity contribution in [3.8, 4) is 0 Å². The molecule has 0 unspecified atom stereocenters. The Hall–Kier alpha value is -1.56. The summed E-state index contributed by atoms with van der Waals surface area (Å²) in [6, 6.07) is 0. The molecule has 0 radical (unpaired) electrons. The highest BCUT2D eigenvalue weighted by atomic mass is 32.1. The van der Waals surface area contributed by atoms with Crippen molar-refractivity contribution in [1.82, 2.24) is 14.9 Å². The maximum absolute atomic E-state index is 11.8. The van der Waals surface area contributed by atoms with E-state index in [-0.39, 0.29) is 10.3 Å². The van der Waals surface area contributed by atoms with Crippen molar-refractivity contribution >= 4 is 18.4 Å². The van der Waals surface area contributed by atoms with Crippen LogP contribution in [0, 0.1) is 17.6 Å². The second kappa shape index (κ2) is 7.89. The van der Waals surface area contributed by atoms with Gasteiger partial charge in [-0.15, -0.1) is 0 Å². The number of allylic oxidation sites excluding steroid dienone is 2. The van der Waals surface area contributed by atoms with Crippen molar-refractivity contribution in [2.75, 3.05) is 0 Å². The fraction of sp³-hybridized carbons (Fsp3) is 0.571. The Balaban J connectivity index is 2.62. The molecule has 1 heterocycles. The molecule has 0 aromatic carbocycles. The molecule has 0 amide bonds. The van der Waals surface area contributed by atoms with Crippen LogP contribution in [0.2, 0.25) is 0 Å². The summed E-state index contributed by atoms with van der Waals surface area (Å²) in [6.07, 6.45) is 6.98. The fourth-order valence-corrected chi connectivity index (χ4v) is 1.84. The van der Waals surface area contributed by atoms with E-state index in [1.54, 1.807) is 13.1 Å². The van der Waals surface area contributed by atoms with Crippen LogP contribution in [0.4, 0.5) is 0 Å². The van der Waals surface area contributed by atoms with Gasteiger partial charge in [0.25, 0.3) is 5.56 Å². The predicted molar refractivity (Wildman–Crippen MR) is 84.8 cm³/mol. The molecule has 0 aliphatic carbocycles. The summed E-state index contributed by atoms with van der Waals surface area (Å²) >= 11 is 5.00. The third-order valence-electron chi connectivity index (χ3n) is 2.93. The van der Waals surface area contributed by atoms with Crippen LogP contribution >= 0.6 is 12.2 Å². The third kappa shape index (κ3) is 5.21. The topological polar surface area (TPSA) is 63.0 Å². The zero-order chi connectivity index (χ0) is 15.1. The van der Waals surface area contributed by atoms with E-state index in [0.717, 1.165) is 19.3 Å². The fourth-order valence-electron chi connectivity index (χ4n) is 1.66. The highest BCUT2D eigenvalue weighted by Gasteiger charge is 2.02. The Morgan fingerprint density at radius 3 is 2.90 bits per heavy atom. The molecule has 0 saturated heterocycles. The first-order valence-corrected chi connectivity index (χ1v) is 7.17. The molecule has 0 saturated carbocycles. The van der Waals surface area contributed by atoms with Crippen molar-refractivity contribution in [2.45, 2.75) is 47.0 Å². The average molecular weight is 294 g/mol.